The minimum absolute atomic E-state index is 0.682. The van der Waals surface area contributed by atoms with E-state index in [2.05, 4.69) is 47.1 Å². The molecule has 0 N–H and O–H groups in total. The molecule has 1 aromatic heterocycles. The lowest BCUT2D eigenvalue weighted by atomic mass is 10.0. The molecule has 0 saturated carbocycles. The summed E-state index contributed by atoms with van der Waals surface area (Å²) in [6, 6.07) is 11.4. The van der Waals surface area contributed by atoms with Gasteiger partial charge in [0.25, 0.3) is 0 Å². The van der Waals surface area contributed by atoms with Gasteiger partial charge in [-0.05, 0) is 37.5 Å². The first-order chi connectivity index (χ1) is 9.81. The van der Waals surface area contributed by atoms with Crippen LogP contribution in [0.2, 0.25) is 0 Å². The van der Waals surface area contributed by atoms with Crippen LogP contribution in [-0.2, 0) is 0 Å². The zero-order valence-electron chi connectivity index (χ0n) is 12.0. The Balaban J connectivity index is 1.77. The van der Waals surface area contributed by atoms with Crippen LogP contribution in [0.4, 0.5) is 5.82 Å². The number of aromatic nitrogens is 1. The average Bonchev–Trinajstić information content (AvgIpc) is 2.81. The molecule has 3 fully saturated rings. The summed E-state index contributed by atoms with van der Waals surface area (Å²) in [7, 11) is 0. The van der Waals surface area contributed by atoms with Crippen LogP contribution >= 0.6 is 0 Å². The molecule has 3 aliphatic rings. The number of nitrogens with zero attached hydrogens (tertiary/aromatic N) is 3. The van der Waals surface area contributed by atoms with Crippen molar-refractivity contribution in [3.63, 3.8) is 0 Å². The van der Waals surface area contributed by atoms with Gasteiger partial charge in [-0.2, -0.15) is 0 Å². The number of hydrogen-bond donors (Lipinski definition) is 0. The standard InChI is InChI=1S/C17H21N3/c1-13-12-17(18-16-5-3-2-4-15(13)16)20-11-10-19-8-6-14(20)7-9-19/h2-5,12,14H,6-11H2,1H3. The molecule has 0 spiro atoms. The monoisotopic (exact) mass is 267 g/mol. The third-order valence-corrected chi connectivity index (χ3v) is 4.86. The largest absolute Gasteiger partial charge is 0.352 e. The van der Waals surface area contributed by atoms with Gasteiger partial charge in [0.1, 0.15) is 5.82 Å². The molecule has 5 rings (SSSR count). The second kappa shape index (κ2) is 4.74. The van der Waals surface area contributed by atoms with Crippen LogP contribution in [0.15, 0.2) is 30.3 Å². The van der Waals surface area contributed by atoms with E-state index in [0.29, 0.717) is 6.04 Å². The molecule has 3 saturated heterocycles. The molecule has 2 bridgehead atoms. The Morgan fingerprint density at radius 3 is 2.70 bits per heavy atom. The van der Waals surface area contributed by atoms with Crippen molar-refractivity contribution in [3.05, 3.63) is 35.9 Å². The van der Waals surface area contributed by atoms with Crippen LogP contribution in [0, 0.1) is 6.92 Å². The number of para-hydroxylation sites is 1. The van der Waals surface area contributed by atoms with E-state index in [1.807, 2.05) is 0 Å². The Morgan fingerprint density at radius 1 is 1.05 bits per heavy atom. The van der Waals surface area contributed by atoms with Crippen molar-refractivity contribution in [2.24, 2.45) is 0 Å². The smallest absolute Gasteiger partial charge is 0.129 e. The Kier molecular flexibility index (Phi) is 2.88. The van der Waals surface area contributed by atoms with Gasteiger partial charge in [0, 0.05) is 37.6 Å². The summed E-state index contributed by atoms with van der Waals surface area (Å²) in [6.07, 6.45) is 2.57. The molecule has 3 heteroatoms. The van der Waals surface area contributed by atoms with E-state index in [1.165, 1.54) is 49.2 Å². The minimum Gasteiger partial charge on any atom is -0.352 e. The van der Waals surface area contributed by atoms with E-state index in [4.69, 9.17) is 4.98 Å². The van der Waals surface area contributed by atoms with E-state index in [-0.39, 0.29) is 0 Å². The zero-order chi connectivity index (χ0) is 13.5. The lowest BCUT2D eigenvalue weighted by molar-refractivity contribution is 0.250. The molecule has 1 aromatic carbocycles. The number of pyridine rings is 1. The third kappa shape index (κ3) is 1.97. The first kappa shape index (κ1) is 12.2. The predicted octanol–water partition coefficient (Wildman–Crippen LogP) is 2.83. The van der Waals surface area contributed by atoms with E-state index in [9.17, 15) is 0 Å². The predicted molar refractivity (Wildman–Crippen MR) is 83.3 cm³/mol. The highest BCUT2D eigenvalue weighted by molar-refractivity contribution is 5.83. The van der Waals surface area contributed by atoms with Crippen LogP contribution < -0.4 is 4.90 Å². The maximum absolute atomic E-state index is 4.93. The van der Waals surface area contributed by atoms with Crippen LogP contribution in [0.5, 0.6) is 0 Å². The normalized spacial score (nSPS) is 25.9. The molecule has 3 aliphatic heterocycles. The molecule has 0 radical (unpaired) electrons. The maximum Gasteiger partial charge on any atom is 0.129 e. The topological polar surface area (TPSA) is 19.4 Å². The number of aryl methyl sites for hydroxylation is 1. The summed E-state index contributed by atoms with van der Waals surface area (Å²) < 4.78 is 0. The first-order valence-electron chi connectivity index (χ1n) is 7.67. The van der Waals surface area contributed by atoms with E-state index >= 15 is 0 Å². The summed E-state index contributed by atoms with van der Waals surface area (Å²) in [5.74, 6) is 1.18. The molecule has 20 heavy (non-hydrogen) atoms. The first-order valence-corrected chi connectivity index (χ1v) is 7.67. The van der Waals surface area contributed by atoms with Crippen molar-refractivity contribution in [3.8, 4) is 0 Å². The number of rotatable bonds is 1. The fourth-order valence-corrected chi connectivity index (χ4v) is 3.67. The minimum atomic E-state index is 0.682. The zero-order valence-corrected chi connectivity index (χ0v) is 12.0. The SMILES string of the molecule is Cc1cc(N2CCN3CCC2CC3)nc2ccccc12. The highest BCUT2D eigenvalue weighted by Crippen LogP contribution is 2.28. The van der Waals surface area contributed by atoms with Crippen LogP contribution in [-0.4, -0.2) is 42.1 Å². The van der Waals surface area contributed by atoms with Crippen LogP contribution in [0.1, 0.15) is 18.4 Å². The second-order valence-corrected chi connectivity index (χ2v) is 6.08. The van der Waals surface area contributed by atoms with Crippen molar-refractivity contribution in [1.29, 1.82) is 0 Å². The summed E-state index contributed by atoms with van der Waals surface area (Å²) in [6.45, 7) is 7.02. The molecule has 0 amide bonds. The summed E-state index contributed by atoms with van der Waals surface area (Å²) in [5.41, 5.74) is 2.46. The number of fused-ring (bicyclic) bond motifs is 5. The molecular formula is C17H21N3. The Morgan fingerprint density at radius 2 is 1.85 bits per heavy atom. The molecule has 104 valence electrons. The van der Waals surface area contributed by atoms with Gasteiger partial charge in [-0.1, -0.05) is 18.2 Å². The van der Waals surface area contributed by atoms with Crippen LogP contribution in [0.3, 0.4) is 0 Å². The van der Waals surface area contributed by atoms with Gasteiger partial charge >= 0.3 is 0 Å². The quantitative estimate of drug-likeness (QED) is 0.792. The molecule has 2 aromatic rings. The molecule has 3 nitrogen and oxygen atoms in total. The fourth-order valence-electron chi connectivity index (χ4n) is 3.67. The molecule has 0 unspecified atom stereocenters. The van der Waals surface area contributed by atoms with Crippen molar-refractivity contribution in [2.75, 3.05) is 31.1 Å². The van der Waals surface area contributed by atoms with Gasteiger partial charge in [0.15, 0.2) is 0 Å². The van der Waals surface area contributed by atoms with Gasteiger partial charge in [0.05, 0.1) is 5.52 Å². The van der Waals surface area contributed by atoms with Crippen LogP contribution in [0.25, 0.3) is 10.9 Å². The molecule has 0 aliphatic carbocycles. The fraction of sp³-hybridized carbons (Fsp3) is 0.471. The summed E-state index contributed by atoms with van der Waals surface area (Å²) in [5, 5.41) is 1.28. The van der Waals surface area contributed by atoms with E-state index in [1.54, 1.807) is 0 Å². The van der Waals surface area contributed by atoms with Gasteiger partial charge < -0.3 is 9.80 Å². The number of piperidine rings is 1. The molecule has 4 heterocycles. The third-order valence-electron chi connectivity index (χ3n) is 4.86. The van der Waals surface area contributed by atoms with E-state index in [0.717, 1.165) is 12.1 Å². The van der Waals surface area contributed by atoms with Gasteiger partial charge in [-0.3, -0.25) is 0 Å². The molecule has 0 atom stereocenters. The molecular weight excluding hydrogens is 246 g/mol. The van der Waals surface area contributed by atoms with Gasteiger partial charge in [-0.15, -0.1) is 0 Å². The summed E-state index contributed by atoms with van der Waals surface area (Å²) in [4.78, 5) is 10.1. The Bertz CT molecular complexity index is 629. The lowest BCUT2D eigenvalue weighted by Gasteiger charge is -2.32. The van der Waals surface area contributed by atoms with Crippen molar-refractivity contribution in [1.82, 2.24) is 9.88 Å². The van der Waals surface area contributed by atoms with Crippen molar-refractivity contribution >= 4 is 16.7 Å². The number of hydrogen-bond acceptors (Lipinski definition) is 3. The maximum atomic E-state index is 4.93. The highest BCUT2D eigenvalue weighted by Gasteiger charge is 2.29. The second-order valence-electron chi connectivity index (χ2n) is 6.08. The van der Waals surface area contributed by atoms with Gasteiger partial charge in [-0.25, -0.2) is 4.98 Å². The van der Waals surface area contributed by atoms with Gasteiger partial charge in [0.2, 0.25) is 0 Å². The number of anilines is 1. The van der Waals surface area contributed by atoms with Crippen molar-refractivity contribution < 1.29 is 0 Å². The summed E-state index contributed by atoms with van der Waals surface area (Å²) >= 11 is 0. The van der Waals surface area contributed by atoms with E-state index < -0.39 is 0 Å². The van der Waals surface area contributed by atoms with Crippen molar-refractivity contribution in [2.45, 2.75) is 25.8 Å². The number of benzene rings is 1. The highest BCUT2D eigenvalue weighted by atomic mass is 15.3. The average molecular weight is 267 g/mol. The lowest BCUT2D eigenvalue weighted by Crippen LogP contribution is -2.38. The Hall–Kier alpha value is -1.61. The Labute approximate surface area is 120 Å².